The summed E-state index contributed by atoms with van der Waals surface area (Å²) in [5.41, 5.74) is -1.11. The average molecular weight is 342 g/mol. The lowest BCUT2D eigenvalue weighted by atomic mass is 9.98. The fourth-order valence-corrected chi connectivity index (χ4v) is 2.62. The van der Waals surface area contributed by atoms with Crippen molar-refractivity contribution in [2.45, 2.75) is 31.2 Å². The van der Waals surface area contributed by atoms with Crippen LogP contribution in [-0.2, 0) is 9.59 Å². The Labute approximate surface area is 125 Å². The van der Waals surface area contributed by atoms with Crippen LogP contribution in [0.4, 0.5) is 0 Å². The topological polar surface area (TPSA) is 75.6 Å². The van der Waals surface area contributed by atoms with Crippen LogP contribution in [0.25, 0.3) is 0 Å². The first-order chi connectivity index (χ1) is 9.52. The SMILES string of the molecule is O=C(COc1ccc(Br)cc1)NC1(C(=O)O)CCCC1. The largest absolute Gasteiger partial charge is 0.484 e. The predicted molar refractivity (Wildman–Crippen MR) is 76.6 cm³/mol. The van der Waals surface area contributed by atoms with Gasteiger partial charge in [-0.15, -0.1) is 0 Å². The number of hydrogen-bond donors (Lipinski definition) is 2. The number of nitrogens with one attached hydrogen (secondary N) is 1. The van der Waals surface area contributed by atoms with Crippen LogP contribution in [0.2, 0.25) is 0 Å². The first kappa shape index (κ1) is 14.8. The van der Waals surface area contributed by atoms with Crippen LogP contribution in [0.3, 0.4) is 0 Å². The van der Waals surface area contributed by atoms with E-state index in [1.807, 2.05) is 12.1 Å². The second-order valence-corrected chi connectivity index (χ2v) is 5.80. The molecular formula is C14H16BrNO4. The minimum absolute atomic E-state index is 0.184. The van der Waals surface area contributed by atoms with E-state index in [-0.39, 0.29) is 6.61 Å². The number of carboxylic acids is 1. The minimum Gasteiger partial charge on any atom is -0.484 e. The molecule has 1 saturated carbocycles. The summed E-state index contributed by atoms with van der Waals surface area (Å²) in [5, 5.41) is 11.9. The Morgan fingerprint density at radius 3 is 2.40 bits per heavy atom. The Bertz CT molecular complexity index is 494. The molecular weight excluding hydrogens is 326 g/mol. The Balaban J connectivity index is 1.89. The lowest BCUT2D eigenvalue weighted by molar-refractivity contribution is -0.147. The average Bonchev–Trinajstić information content (AvgIpc) is 2.88. The molecule has 2 rings (SSSR count). The van der Waals surface area contributed by atoms with E-state index in [2.05, 4.69) is 21.2 Å². The van der Waals surface area contributed by atoms with E-state index in [9.17, 15) is 14.7 Å². The monoisotopic (exact) mass is 341 g/mol. The zero-order valence-corrected chi connectivity index (χ0v) is 12.5. The van der Waals surface area contributed by atoms with Gasteiger partial charge < -0.3 is 15.2 Å². The van der Waals surface area contributed by atoms with E-state index in [1.54, 1.807) is 12.1 Å². The Morgan fingerprint density at radius 2 is 1.85 bits per heavy atom. The van der Waals surface area contributed by atoms with Crippen molar-refractivity contribution >= 4 is 27.8 Å². The van der Waals surface area contributed by atoms with Gasteiger partial charge in [-0.25, -0.2) is 4.79 Å². The summed E-state index contributed by atoms with van der Waals surface area (Å²) in [6.07, 6.45) is 2.60. The third kappa shape index (κ3) is 3.50. The molecule has 0 spiro atoms. The molecule has 6 heteroatoms. The van der Waals surface area contributed by atoms with E-state index in [1.165, 1.54) is 0 Å². The molecule has 0 unspecified atom stereocenters. The van der Waals surface area contributed by atoms with Crippen molar-refractivity contribution in [2.75, 3.05) is 6.61 Å². The van der Waals surface area contributed by atoms with Gasteiger partial charge in [-0.05, 0) is 37.1 Å². The van der Waals surface area contributed by atoms with E-state index in [0.717, 1.165) is 17.3 Å². The van der Waals surface area contributed by atoms with Crippen LogP contribution in [-0.4, -0.2) is 29.1 Å². The summed E-state index contributed by atoms with van der Waals surface area (Å²) >= 11 is 3.31. The second kappa shape index (κ2) is 6.26. The van der Waals surface area contributed by atoms with Gasteiger partial charge in [0.15, 0.2) is 6.61 Å². The van der Waals surface area contributed by atoms with E-state index in [0.29, 0.717) is 18.6 Å². The number of benzene rings is 1. The molecule has 1 aromatic rings. The normalized spacial score (nSPS) is 16.6. The molecule has 0 radical (unpaired) electrons. The summed E-state index contributed by atoms with van der Waals surface area (Å²) in [6, 6.07) is 7.09. The van der Waals surface area contributed by atoms with Gasteiger partial charge in [-0.1, -0.05) is 28.8 Å². The number of carbonyl (C=O) groups excluding carboxylic acids is 1. The van der Waals surface area contributed by atoms with Crippen molar-refractivity contribution in [1.29, 1.82) is 0 Å². The number of aliphatic carboxylic acids is 1. The highest BCUT2D eigenvalue weighted by Crippen LogP contribution is 2.29. The maximum Gasteiger partial charge on any atom is 0.329 e. The van der Waals surface area contributed by atoms with Crippen LogP contribution >= 0.6 is 15.9 Å². The summed E-state index contributed by atoms with van der Waals surface area (Å²) in [4.78, 5) is 23.2. The second-order valence-electron chi connectivity index (χ2n) is 4.89. The zero-order valence-electron chi connectivity index (χ0n) is 10.9. The number of carboxylic acid groups (broad SMARTS) is 1. The van der Waals surface area contributed by atoms with Crippen LogP contribution in [0, 0.1) is 0 Å². The van der Waals surface area contributed by atoms with Gasteiger partial charge in [0.2, 0.25) is 0 Å². The molecule has 0 aliphatic heterocycles. The lowest BCUT2D eigenvalue weighted by Crippen LogP contribution is -2.53. The number of rotatable bonds is 5. The van der Waals surface area contributed by atoms with Crippen molar-refractivity contribution < 1.29 is 19.4 Å². The van der Waals surface area contributed by atoms with E-state index >= 15 is 0 Å². The Hall–Kier alpha value is -1.56. The summed E-state index contributed by atoms with van der Waals surface area (Å²) in [6.45, 7) is -0.184. The van der Waals surface area contributed by atoms with Crippen molar-refractivity contribution in [1.82, 2.24) is 5.32 Å². The van der Waals surface area contributed by atoms with Gasteiger partial charge >= 0.3 is 5.97 Å². The smallest absolute Gasteiger partial charge is 0.329 e. The highest BCUT2D eigenvalue weighted by Gasteiger charge is 2.42. The molecule has 0 heterocycles. The van der Waals surface area contributed by atoms with Gasteiger partial charge in [0.05, 0.1) is 0 Å². The molecule has 1 amide bonds. The van der Waals surface area contributed by atoms with E-state index in [4.69, 9.17) is 4.74 Å². The molecule has 1 fully saturated rings. The first-order valence-corrected chi connectivity index (χ1v) is 7.24. The van der Waals surface area contributed by atoms with E-state index < -0.39 is 17.4 Å². The van der Waals surface area contributed by atoms with Crippen LogP contribution in [0.15, 0.2) is 28.7 Å². The Morgan fingerprint density at radius 1 is 1.25 bits per heavy atom. The summed E-state index contributed by atoms with van der Waals surface area (Å²) < 4.78 is 6.25. The van der Waals surface area contributed by atoms with Crippen molar-refractivity contribution in [3.8, 4) is 5.75 Å². The van der Waals surface area contributed by atoms with Crippen LogP contribution < -0.4 is 10.1 Å². The minimum atomic E-state index is -1.11. The molecule has 20 heavy (non-hydrogen) atoms. The molecule has 1 aromatic carbocycles. The third-order valence-corrected chi connectivity index (χ3v) is 3.96. The maximum absolute atomic E-state index is 11.8. The predicted octanol–water partition coefficient (Wildman–Crippen LogP) is 2.34. The highest BCUT2D eigenvalue weighted by molar-refractivity contribution is 9.10. The highest BCUT2D eigenvalue weighted by atomic mass is 79.9. The van der Waals surface area contributed by atoms with Gasteiger partial charge in [-0.2, -0.15) is 0 Å². The fourth-order valence-electron chi connectivity index (χ4n) is 2.35. The molecule has 0 atom stereocenters. The molecule has 108 valence electrons. The maximum atomic E-state index is 11.8. The molecule has 0 bridgehead atoms. The number of hydrogen-bond acceptors (Lipinski definition) is 3. The molecule has 1 aliphatic carbocycles. The van der Waals surface area contributed by atoms with Gasteiger partial charge in [0.1, 0.15) is 11.3 Å². The standard InChI is InChI=1S/C14H16BrNO4/c15-10-3-5-11(6-4-10)20-9-12(17)16-14(13(18)19)7-1-2-8-14/h3-6H,1-2,7-9H2,(H,16,17)(H,18,19). The molecule has 1 aliphatic rings. The van der Waals surface area contributed by atoms with Crippen molar-refractivity contribution in [2.24, 2.45) is 0 Å². The summed E-state index contributed by atoms with van der Waals surface area (Å²) in [5.74, 6) is -0.802. The number of carbonyl (C=O) groups is 2. The quantitative estimate of drug-likeness (QED) is 0.861. The van der Waals surface area contributed by atoms with Gasteiger partial charge in [-0.3, -0.25) is 4.79 Å². The molecule has 0 aromatic heterocycles. The van der Waals surface area contributed by atoms with Crippen LogP contribution in [0.5, 0.6) is 5.75 Å². The number of ether oxygens (including phenoxy) is 1. The van der Waals surface area contributed by atoms with Gasteiger partial charge in [0, 0.05) is 4.47 Å². The van der Waals surface area contributed by atoms with Crippen LogP contribution in [0.1, 0.15) is 25.7 Å². The molecule has 0 saturated heterocycles. The van der Waals surface area contributed by atoms with Gasteiger partial charge in [0.25, 0.3) is 5.91 Å². The van der Waals surface area contributed by atoms with Crippen molar-refractivity contribution in [3.63, 3.8) is 0 Å². The Kier molecular flexibility index (Phi) is 4.65. The fraction of sp³-hybridized carbons (Fsp3) is 0.429. The molecule has 5 nitrogen and oxygen atoms in total. The number of halogens is 1. The lowest BCUT2D eigenvalue weighted by Gasteiger charge is -2.25. The molecule has 2 N–H and O–H groups in total. The first-order valence-electron chi connectivity index (χ1n) is 6.45. The third-order valence-electron chi connectivity index (χ3n) is 3.43. The summed E-state index contributed by atoms with van der Waals surface area (Å²) in [7, 11) is 0. The number of amides is 1. The zero-order chi connectivity index (χ0) is 14.6. The van der Waals surface area contributed by atoms with Crippen molar-refractivity contribution in [3.05, 3.63) is 28.7 Å².